The van der Waals surface area contributed by atoms with Crippen molar-refractivity contribution < 1.29 is 4.74 Å². The molecule has 22 heavy (non-hydrogen) atoms. The van der Waals surface area contributed by atoms with Crippen molar-refractivity contribution in [3.05, 3.63) is 29.3 Å². The first-order valence-corrected chi connectivity index (χ1v) is 8.48. The fourth-order valence-corrected chi connectivity index (χ4v) is 2.95. The van der Waals surface area contributed by atoms with E-state index in [9.17, 15) is 0 Å². The molecular weight excluding hydrogens is 320 g/mol. The Balaban J connectivity index is 1.90. The average molecular weight is 341 g/mol. The Morgan fingerprint density at radius 2 is 1.91 bits per heavy atom. The summed E-state index contributed by atoms with van der Waals surface area (Å²) in [5.41, 5.74) is 0. The number of rotatable bonds is 7. The van der Waals surface area contributed by atoms with Crippen LogP contribution in [0.15, 0.2) is 29.4 Å². The summed E-state index contributed by atoms with van der Waals surface area (Å²) in [5.74, 6) is 2.50. The number of aromatic nitrogens is 3. The standard InChI is InChI=1S/C15H21ClN4OS/c1-11(2)20-14(19(3)4)17-18-15(20)22-10-9-21-13-7-5-12(16)6-8-13/h5-8,11H,9-10H2,1-4H3. The second-order valence-corrected chi connectivity index (χ2v) is 6.79. The Kier molecular flexibility index (Phi) is 5.97. The zero-order valence-electron chi connectivity index (χ0n) is 13.3. The Hall–Kier alpha value is -1.40. The van der Waals surface area contributed by atoms with Crippen LogP contribution in [-0.2, 0) is 0 Å². The van der Waals surface area contributed by atoms with E-state index in [1.165, 1.54) is 0 Å². The summed E-state index contributed by atoms with van der Waals surface area (Å²) in [6.07, 6.45) is 0. The van der Waals surface area contributed by atoms with Crippen LogP contribution in [-0.4, -0.2) is 41.2 Å². The smallest absolute Gasteiger partial charge is 0.227 e. The first-order chi connectivity index (χ1) is 10.5. The molecule has 7 heteroatoms. The highest BCUT2D eigenvalue weighted by Gasteiger charge is 2.16. The van der Waals surface area contributed by atoms with Crippen molar-refractivity contribution in [2.45, 2.75) is 25.0 Å². The van der Waals surface area contributed by atoms with E-state index in [-0.39, 0.29) is 0 Å². The SMILES string of the molecule is CC(C)n1c(SCCOc2ccc(Cl)cc2)nnc1N(C)C. The minimum Gasteiger partial charge on any atom is -0.493 e. The molecule has 0 aliphatic rings. The number of nitrogens with zero attached hydrogens (tertiary/aromatic N) is 4. The summed E-state index contributed by atoms with van der Waals surface area (Å²) in [4.78, 5) is 1.97. The normalized spacial score (nSPS) is 11.0. The van der Waals surface area contributed by atoms with Crippen LogP contribution in [0.5, 0.6) is 5.75 Å². The third-order valence-electron chi connectivity index (χ3n) is 2.96. The number of hydrogen-bond donors (Lipinski definition) is 0. The summed E-state index contributed by atoms with van der Waals surface area (Å²) in [6, 6.07) is 7.69. The van der Waals surface area contributed by atoms with Gasteiger partial charge in [-0.3, -0.25) is 4.57 Å². The van der Waals surface area contributed by atoms with Gasteiger partial charge in [0.2, 0.25) is 5.95 Å². The van der Waals surface area contributed by atoms with Gasteiger partial charge in [0.15, 0.2) is 5.16 Å². The summed E-state index contributed by atoms with van der Waals surface area (Å²) in [6.45, 7) is 4.86. The zero-order valence-corrected chi connectivity index (χ0v) is 14.9. The Morgan fingerprint density at radius 3 is 2.50 bits per heavy atom. The van der Waals surface area contributed by atoms with Gasteiger partial charge in [0, 0.05) is 30.9 Å². The molecule has 0 saturated carbocycles. The van der Waals surface area contributed by atoms with Crippen molar-refractivity contribution in [3.8, 4) is 5.75 Å². The molecular formula is C15H21ClN4OS. The van der Waals surface area contributed by atoms with Gasteiger partial charge >= 0.3 is 0 Å². The highest BCUT2D eigenvalue weighted by molar-refractivity contribution is 7.99. The molecule has 2 aromatic rings. The second-order valence-electron chi connectivity index (χ2n) is 5.29. The first kappa shape index (κ1) is 17.0. The summed E-state index contributed by atoms with van der Waals surface area (Å²) in [5, 5.41) is 10.1. The topological polar surface area (TPSA) is 43.2 Å². The van der Waals surface area contributed by atoms with Crippen LogP contribution in [0.3, 0.4) is 0 Å². The van der Waals surface area contributed by atoms with Gasteiger partial charge in [-0.2, -0.15) is 0 Å². The maximum atomic E-state index is 5.85. The first-order valence-electron chi connectivity index (χ1n) is 7.12. The monoisotopic (exact) mass is 340 g/mol. The molecule has 0 saturated heterocycles. The van der Waals surface area contributed by atoms with Crippen LogP contribution in [0.4, 0.5) is 5.95 Å². The molecule has 0 unspecified atom stereocenters. The lowest BCUT2D eigenvalue weighted by molar-refractivity contribution is 0.343. The number of halogens is 1. The summed E-state index contributed by atoms with van der Waals surface area (Å²) >= 11 is 7.49. The van der Waals surface area contributed by atoms with Crippen LogP contribution >= 0.6 is 23.4 Å². The quantitative estimate of drug-likeness (QED) is 0.567. The number of anilines is 1. The molecule has 0 amide bonds. The molecule has 0 aliphatic heterocycles. The molecule has 1 aromatic heterocycles. The predicted octanol–water partition coefficient (Wildman–Crippen LogP) is 3.75. The fourth-order valence-electron chi connectivity index (χ4n) is 1.95. The molecule has 0 spiro atoms. The molecule has 120 valence electrons. The molecule has 2 rings (SSSR count). The minimum atomic E-state index is 0.312. The Labute approximate surface area is 140 Å². The molecule has 5 nitrogen and oxygen atoms in total. The van der Waals surface area contributed by atoms with Crippen molar-refractivity contribution >= 4 is 29.3 Å². The molecule has 1 heterocycles. The van der Waals surface area contributed by atoms with Crippen LogP contribution in [0.25, 0.3) is 0 Å². The van der Waals surface area contributed by atoms with Gasteiger partial charge in [-0.25, -0.2) is 0 Å². The van der Waals surface area contributed by atoms with Crippen LogP contribution < -0.4 is 9.64 Å². The fraction of sp³-hybridized carbons (Fsp3) is 0.467. The lowest BCUT2D eigenvalue weighted by Gasteiger charge is -2.17. The zero-order chi connectivity index (χ0) is 16.1. The van der Waals surface area contributed by atoms with Crippen molar-refractivity contribution in [1.82, 2.24) is 14.8 Å². The number of benzene rings is 1. The number of ether oxygens (including phenoxy) is 1. The Bertz CT molecular complexity index is 598. The Morgan fingerprint density at radius 1 is 1.23 bits per heavy atom. The lowest BCUT2D eigenvalue weighted by atomic mass is 10.3. The highest BCUT2D eigenvalue weighted by atomic mass is 35.5. The van der Waals surface area contributed by atoms with Gasteiger partial charge in [-0.1, -0.05) is 23.4 Å². The molecule has 0 N–H and O–H groups in total. The van der Waals surface area contributed by atoms with Gasteiger partial charge in [0.05, 0.1) is 6.61 Å². The maximum Gasteiger partial charge on any atom is 0.227 e. The molecule has 0 fully saturated rings. The highest BCUT2D eigenvalue weighted by Crippen LogP contribution is 2.25. The van der Waals surface area contributed by atoms with Crippen molar-refractivity contribution in [2.24, 2.45) is 0 Å². The van der Waals surface area contributed by atoms with E-state index in [1.54, 1.807) is 11.8 Å². The van der Waals surface area contributed by atoms with Crippen LogP contribution in [0.1, 0.15) is 19.9 Å². The van der Waals surface area contributed by atoms with Gasteiger partial charge in [0.25, 0.3) is 0 Å². The van der Waals surface area contributed by atoms with Crippen molar-refractivity contribution in [1.29, 1.82) is 0 Å². The van der Waals surface area contributed by atoms with E-state index in [0.717, 1.165) is 22.6 Å². The molecule has 0 atom stereocenters. The van der Waals surface area contributed by atoms with E-state index in [4.69, 9.17) is 16.3 Å². The van der Waals surface area contributed by atoms with E-state index >= 15 is 0 Å². The number of thioether (sulfide) groups is 1. The van der Waals surface area contributed by atoms with E-state index < -0.39 is 0 Å². The summed E-state index contributed by atoms with van der Waals surface area (Å²) < 4.78 is 7.82. The van der Waals surface area contributed by atoms with Crippen LogP contribution in [0.2, 0.25) is 5.02 Å². The summed E-state index contributed by atoms with van der Waals surface area (Å²) in [7, 11) is 3.95. The predicted molar refractivity (Wildman–Crippen MR) is 92.4 cm³/mol. The third kappa shape index (κ3) is 4.30. The van der Waals surface area contributed by atoms with Gasteiger partial charge in [-0.15, -0.1) is 10.2 Å². The third-order valence-corrected chi connectivity index (χ3v) is 4.12. The van der Waals surface area contributed by atoms with Gasteiger partial charge < -0.3 is 9.64 Å². The molecule has 0 radical (unpaired) electrons. The molecule has 0 bridgehead atoms. The van der Waals surface area contributed by atoms with E-state index in [0.29, 0.717) is 17.7 Å². The molecule has 1 aromatic carbocycles. The minimum absolute atomic E-state index is 0.312. The second kappa shape index (κ2) is 7.74. The van der Waals surface area contributed by atoms with Crippen LogP contribution in [0, 0.1) is 0 Å². The average Bonchev–Trinajstić information content (AvgIpc) is 2.90. The lowest BCUT2D eigenvalue weighted by Crippen LogP contribution is -2.17. The van der Waals surface area contributed by atoms with Gasteiger partial charge in [0.1, 0.15) is 5.75 Å². The van der Waals surface area contributed by atoms with E-state index in [2.05, 4.69) is 28.6 Å². The molecule has 0 aliphatic carbocycles. The van der Waals surface area contributed by atoms with Crippen molar-refractivity contribution in [3.63, 3.8) is 0 Å². The van der Waals surface area contributed by atoms with Crippen molar-refractivity contribution in [2.75, 3.05) is 31.4 Å². The van der Waals surface area contributed by atoms with Gasteiger partial charge in [-0.05, 0) is 38.1 Å². The largest absolute Gasteiger partial charge is 0.493 e. The maximum absolute atomic E-state index is 5.85. The van der Waals surface area contributed by atoms with E-state index in [1.807, 2.05) is 43.3 Å². The number of hydrogen-bond acceptors (Lipinski definition) is 5.